The van der Waals surface area contributed by atoms with Gasteiger partial charge in [-0.3, -0.25) is 0 Å². The summed E-state index contributed by atoms with van der Waals surface area (Å²) in [5, 5.41) is 0. The Kier molecular flexibility index (Phi) is 3.86. The summed E-state index contributed by atoms with van der Waals surface area (Å²) in [5.74, 6) is -0.353. The Balaban J connectivity index is 2.48. The fraction of sp³-hybridized carbons (Fsp3) is 0.417. The van der Waals surface area contributed by atoms with Crippen molar-refractivity contribution in [3.05, 3.63) is 35.9 Å². The van der Waals surface area contributed by atoms with Crippen LogP contribution in [0.5, 0.6) is 0 Å². The van der Waals surface area contributed by atoms with Gasteiger partial charge in [-0.25, -0.2) is 4.79 Å². The average Bonchev–Trinajstić information content (AvgIpc) is 2.27. The van der Waals surface area contributed by atoms with Gasteiger partial charge in [0.25, 0.3) is 0 Å². The van der Waals surface area contributed by atoms with Gasteiger partial charge in [0.1, 0.15) is 6.61 Å². The van der Waals surface area contributed by atoms with Crippen LogP contribution in [0.25, 0.3) is 0 Å². The maximum atomic E-state index is 11.5. The number of hydrogen-bond acceptors (Lipinski definition) is 3. The van der Waals surface area contributed by atoms with Crippen LogP contribution in [0, 0.1) is 0 Å². The zero-order valence-electron chi connectivity index (χ0n) is 9.32. The molecule has 0 aliphatic carbocycles. The lowest BCUT2D eigenvalue weighted by Crippen LogP contribution is -2.35. The number of ether oxygens (including phenoxy) is 2. The summed E-state index contributed by atoms with van der Waals surface area (Å²) < 4.78 is 10.1. The molecule has 3 nitrogen and oxygen atoms in total. The third-order valence-corrected chi connectivity index (χ3v) is 2.21. The van der Waals surface area contributed by atoms with Gasteiger partial charge < -0.3 is 9.47 Å². The van der Waals surface area contributed by atoms with E-state index in [1.807, 2.05) is 30.3 Å². The molecule has 0 fully saturated rings. The van der Waals surface area contributed by atoms with Crippen molar-refractivity contribution in [1.82, 2.24) is 0 Å². The number of hydrogen-bond donors (Lipinski definition) is 0. The highest BCUT2D eigenvalue weighted by molar-refractivity contribution is 5.78. The molecule has 0 spiro atoms. The molecule has 0 radical (unpaired) electrons. The summed E-state index contributed by atoms with van der Waals surface area (Å²) in [5.41, 5.74) is 0.0900. The van der Waals surface area contributed by atoms with E-state index in [1.54, 1.807) is 13.8 Å². The molecule has 0 N–H and O–H groups in total. The highest BCUT2D eigenvalue weighted by Gasteiger charge is 2.28. The van der Waals surface area contributed by atoms with Gasteiger partial charge in [-0.1, -0.05) is 30.3 Å². The Hall–Kier alpha value is -1.35. The molecular weight excluding hydrogens is 192 g/mol. The van der Waals surface area contributed by atoms with Gasteiger partial charge in [0.2, 0.25) is 0 Å². The van der Waals surface area contributed by atoms with E-state index in [0.29, 0.717) is 0 Å². The van der Waals surface area contributed by atoms with E-state index in [9.17, 15) is 4.79 Å². The predicted octanol–water partition coefficient (Wildman–Crippen LogP) is 2.15. The van der Waals surface area contributed by atoms with Crippen molar-refractivity contribution in [2.24, 2.45) is 0 Å². The van der Waals surface area contributed by atoms with E-state index in [4.69, 9.17) is 9.47 Å². The van der Waals surface area contributed by atoms with Crippen molar-refractivity contribution in [3.8, 4) is 0 Å². The summed E-state index contributed by atoms with van der Waals surface area (Å²) in [6.07, 6.45) is 0. The first-order chi connectivity index (χ1) is 7.06. The number of carbonyl (C=O) groups is 1. The predicted molar refractivity (Wildman–Crippen MR) is 57.3 cm³/mol. The molecule has 1 aromatic rings. The molecule has 15 heavy (non-hydrogen) atoms. The first kappa shape index (κ1) is 11.7. The Labute approximate surface area is 90.0 Å². The third kappa shape index (κ3) is 3.36. The average molecular weight is 208 g/mol. The van der Waals surface area contributed by atoms with Crippen LogP contribution in [0.2, 0.25) is 0 Å². The molecule has 0 atom stereocenters. The van der Waals surface area contributed by atoms with E-state index >= 15 is 0 Å². The lowest BCUT2D eigenvalue weighted by Gasteiger charge is -2.20. The fourth-order valence-electron chi connectivity index (χ4n) is 0.980. The van der Waals surface area contributed by atoms with Crippen LogP contribution in [-0.2, 0) is 20.9 Å². The Morgan fingerprint density at radius 2 is 1.87 bits per heavy atom. The molecule has 0 bridgehead atoms. The van der Waals surface area contributed by atoms with Crippen LogP contribution >= 0.6 is 0 Å². The van der Waals surface area contributed by atoms with Crippen molar-refractivity contribution in [1.29, 1.82) is 0 Å². The molecule has 0 aromatic heterocycles. The van der Waals surface area contributed by atoms with Crippen LogP contribution < -0.4 is 0 Å². The van der Waals surface area contributed by atoms with Crippen LogP contribution in [0.1, 0.15) is 19.4 Å². The van der Waals surface area contributed by atoms with Gasteiger partial charge in [-0.05, 0) is 19.4 Å². The van der Waals surface area contributed by atoms with Gasteiger partial charge >= 0.3 is 5.97 Å². The molecule has 0 heterocycles. The molecule has 82 valence electrons. The summed E-state index contributed by atoms with van der Waals surface area (Å²) in [7, 11) is 1.49. The summed E-state index contributed by atoms with van der Waals surface area (Å²) in [6, 6.07) is 9.56. The molecule has 0 saturated heterocycles. The van der Waals surface area contributed by atoms with E-state index in [1.165, 1.54) is 7.11 Å². The molecule has 0 amide bonds. The second-order valence-electron chi connectivity index (χ2n) is 3.78. The molecule has 1 rings (SSSR count). The van der Waals surface area contributed by atoms with E-state index < -0.39 is 5.60 Å². The molecule has 0 aliphatic heterocycles. The van der Waals surface area contributed by atoms with Crippen LogP contribution in [-0.4, -0.2) is 18.7 Å². The SMILES string of the molecule is COC(C)(C)C(=O)OCc1ccccc1. The number of methoxy groups -OCH3 is 1. The topological polar surface area (TPSA) is 35.5 Å². The second-order valence-corrected chi connectivity index (χ2v) is 3.78. The quantitative estimate of drug-likeness (QED) is 0.711. The number of rotatable bonds is 4. The van der Waals surface area contributed by atoms with E-state index in [0.717, 1.165) is 5.56 Å². The summed E-state index contributed by atoms with van der Waals surface area (Å²) in [6.45, 7) is 3.65. The smallest absolute Gasteiger partial charge is 0.338 e. The summed E-state index contributed by atoms with van der Waals surface area (Å²) in [4.78, 5) is 11.5. The third-order valence-electron chi connectivity index (χ3n) is 2.21. The van der Waals surface area contributed by atoms with Gasteiger partial charge in [-0.15, -0.1) is 0 Å². The first-order valence-corrected chi connectivity index (χ1v) is 4.82. The van der Waals surface area contributed by atoms with Crippen molar-refractivity contribution in [2.45, 2.75) is 26.1 Å². The zero-order valence-corrected chi connectivity index (χ0v) is 9.32. The second kappa shape index (κ2) is 4.94. The maximum Gasteiger partial charge on any atom is 0.338 e. The van der Waals surface area contributed by atoms with Gasteiger partial charge in [-0.2, -0.15) is 0 Å². The molecule has 1 aromatic carbocycles. The number of esters is 1. The maximum absolute atomic E-state index is 11.5. The Morgan fingerprint density at radius 1 is 1.27 bits per heavy atom. The number of carbonyl (C=O) groups excluding carboxylic acids is 1. The fourth-order valence-corrected chi connectivity index (χ4v) is 0.980. The van der Waals surface area contributed by atoms with Crippen LogP contribution in [0.4, 0.5) is 0 Å². The largest absolute Gasteiger partial charge is 0.459 e. The van der Waals surface area contributed by atoms with Crippen LogP contribution in [0.3, 0.4) is 0 Å². The van der Waals surface area contributed by atoms with Crippen molar-refractivity contribution < 1.29 is 14.3 Å². The number of benzene rings is 1. The minimum Gasteiger partial charge on any atom is -0.459 e. The van der Waals surface area contributed by atoms with Crippen molar-refractivity contribution in [2.75, 3.05) is 7.11 Å². The van der Waals surface area contributed by atoms with Crippen molar-refractivity contribution in [3.63, 3.8) is 0 Å². The zero-order chi connectivity index (χ0) is 11.3. The Morgan fingerprint density at radius 3 is 2.40 bits per heavy atom. The standard InChI is InChI=1S/C12H16O3/c1-12(2,14-3)11(13)15-9-10-7-5-4-6-8-10/h4-8H,9H2,1-3H3. The van der Waals surface area contributed by atoms with E-state index in [-0.39, 0.29) is 12.6 Å². The monoisotopic (exact) mass is 208 g/mol. The molecule has 3 heteroatoms. The highest BCUT2D eigenvalue weighted by Crippen LogP contribution is 2.11. The van der Waals surface area contributed by atoms with Gasteiger partial charge in [0.15, 0.2) is 5.60 Å². The van der Waals surface area contributed by atoms with Crippen molar-refractivity contribution >= 4 is 5.97 Å². The van der Waals surface area contributed by atoms with Gasteiger partial charge in [0.05, 0.1) is 0 Å². The first-order valence-electron chi connectivity index (χ1n) is 4.82. The highest BCUT2D eigenvalue weighted by atomic mass is 16.6. The Bertz CT molecular complexity index is 317. The lowest BCUT2D eigenvalue weighted by atomic mass is 10.1. The normalized spacial score (nSPS) is 11.1. The minimum absolute atomic E-state index is 0.284. The molecule has 0 unspecified atom stereocenters. The van der Waals surface area contributed by atoms with Crippen LogP contribution in [0.15, 0.2) is 30.3 Å². The molecular formula is C12H16O3. The summed E-state index contributed by atoms with van der Waals surface area (Å²) >= 11 is 0. The molecule has 0 saturated carbocycles. The molecule has 0 aliphatic rings. The van der Waals surface area contributed by atoms with E-state index in [2.05, 4.69) is 0 Å². The van der Waals surface area contributed by atoms with Gasteiger partial charge in [0, 0.05) is 7.11 Å². The lowest BCUT2D eigenvalue weighted by molar-refractivity contribution is -0.166. The minimum atomic E-state index is -0.880.